The Kier molecular flexibility index (Phi) is 4.06. The first-order chi connectivity index (χ1) is 11.1. The van der Waals surface area contributed by atoms with Crippen LogP contribution >= 0.6 is 0 Å². The lowest BCUT2D eigenvalue weighted by Crippen LogP contribution is -2.39. The van der Waals surface area contributed by atoms with Gasteiger partial charge in [0.25, 0.3) is 5.91 Å². The number of hydrogen-bond donors (Lipinski definition) is 1. The zero-order valence-electron chi connectivity index (χ0n) is 12.6. The van der Waals surface area contributed by atoms with Gasteiger partial charge in [0.05, 0.1) is 12.1 Å². The lowest BCUT2D eigenvalue weighted by molar-refractivity contribution is -0.127. The number of likely N-dealkylation sites (N-methyl/N-ethyl adjacent to an activating group) is 1. The van der Waals surface area contributed by atoms with Gasteiger partial charge in [-0.3, -0.25) is 14.6 Å². The molecule has 118 valence electrons. The minimum atomic E-state index is -0.362. The molecule has 2 atom stereocenters. The molecule has 1 aromatic heterocycles. The van der Waals surface area contributed by atoms with Crippen LogP contribution in [0.3, 0.4) is 0 Å². The van der Waals surface area contributed by atoms with E-state index in [1.165, 1.54) is 24.5 Å². The van der Waals surface area contributed by atoms with Gasteiger partial charge < -0.3 is 10.2 Å². The van der Waals surface area contributed by atoms with Gasteiger partial charge >= 0.3 is 0 Å². The molecule has 3 rings (SSSR count). The fraction of sp³-hybridized carbons (Fsp3) is 0.235. The Morgan fingerprint density at radius 1 is 1.22 bits per heavy atom. The molecule has 1 N–H and O–H groups in total. The molecule has 0 spiro atoms. The van der Waals surface area contributed by atoms with Crippen LogP contribution in [0.1, 0.15) is 28.4 Å². The third kappa shape index (κ3) is 3.06. The maximum absolute atomic E-state index is 13.1. The van der Waals surface area contributed by atoms with Crippen LogP contribution in [0, 0.1) is 5.82 Å². The van der Waals surface area contributed by atoms with Crippen molar-refractivity contribution in [3.63, 3.8) is 0 Å². The van der Waals surface area contributed by atoms with Crippen molar-refractivity contribution < 1.29 is 14.0 Å². The van der Waals surface area contributed by atoms with Crippen LogP contribution in [0.15, 0.2) is 48.8 Å². The number of aromatic nitrogens is 1. The number of hydrogen-bond acceptors (Lipinski definition) is 3. The molecule has 2 heterocycles. The number of pyridine rings is 1. The minimum absolute atomic E-state index is 0.0562. The van der Waals surface area contributed by atoms with Gasteiger partial charge in [-0.1, -0.05) is 12.1 Å². The van der Waals surface area contributed by atoms with E-state index < -0.39 is 0 Å². The first-order valence-electron chi connectivity index (χ1n) is 7.28. The van der Waals surface area contributed by atoms with E-state index in [-0.39, 0.29) is 36.1 Å². The smallest absolute Gasteiger partial charge is 0.251 e. The molecule has 5 nitrogen and oxygen atoms in total. The lowest BCUT2D eigenvalue weighted by Gasteiger charge is -2.26. The van der Waals surface area contributed by atoms with E-state index in [9.17, 15) is 14.0 Å². The largest absolute Gasteiger partial charge is 0.346 e. The summed E-state index contributed by atoms with van der Waals surface area (Å²) in [4.78, 5) is 29.8. The standard InChI is InChI=1S/C17H16FN3O2/c1-21-15(22)10-14(16(21)11-2-4-13(18)5-3-11)20-17(23)12-6-8-19-9-7-12/h2-9,14,16H,10H2,1H3,(H,20,23)/t14-,16+/m0/s1. The number of likely N-dealkylation sites (tertiary alicyclic amines) is 1. The summed E-state index contributed by atoms with van der Waals surface area (Å²) in [7, 11) is 1.69. The molecular weight excluding hydrogens is 297 g/mol. The first kappa shape index (κ1) is 15.1. The summed E-state index contributed by atoms with van der Waals surface area (Å²) in [5.74, 6) is -0.648. The molecule has 0 bridgehead atoms. The van der Waals surface area contributed by atoms with Crippen molar-refractivity contribution >= 4 is 11.8 Å². The van der Waals surface area contributed by atoms with Crippen LogP contribution in [-0.2, 0) is 4.79 Å². The van der Waals surface area contributed by atoms with Gasteiger partial charge in [-0.05, 0) is 29.8 Å². The number of carbonyl (C=O) groups excluding carboxylic acids is 2. The third-order valence-electron chi connectivity index (χ3n) is 4.06. The molecule has 2 aromatic rings. The molecule has 0 aliphatic carbocycles. The molecule has 1 saturated heterocycles. The summed E-state index contributed by atoms with van der Waals surface area (Å²) in [6.07, 6.45) is 3.30. The Balaban J connectivity index is 1.83. The molecule has 1 aromatic carbocycles. The van der Waals surface area contributed by atoms with E-state index in [2.05, 4.69) is 10.3 Å². The molecule has 1 aliphatic rings. The number of carbonyl (C=O) groups is 2. The van der Waals surface area contributed by atoms with Gasteiger partial charge in [-0.25, -0.2) is 4.39 Å². The molecule has 1 aliphatic heterocycles. The van der Waals surface area contributed by atoms with Crippen LogP contribution in [0.5, 0.6) is 0 Å². The number of nitrogens with zero attached hydrogens (tertiary/aromatic N) is 2. The third-order valence-corrected chi connectivity index (χ3v) is 4.06. The van der Waals surface area contributed by atoms with Crippen molar-refractivity contribution in [1.82, 2.24) is 15.2 Å². The normalized spacial score (nSPS) is 20.6. The fourth-order valence-corrected chi connectivity index (χ4v) is 2.87. The molecule has 1 fully saturated rings. The average molecular weight is 313 g/mol. The van der Waals surface area contributed by atoms with Gasteiger partial charge in [0.2, 0.25) is 5.91 Å². The molecular formula is C17H16FN3O2. The SMILES string of the molecule is CN1C(=O)C[C@H](NC(=O)c2ccncc2)[C@H]1c1ccc(F)cc1. The summed E-state index contributed by atoms with van der Waals surface area (Å²) in [5.41, 5.74) is 1.28. The van der Waals surface area contributed by atoms with E-state index >= 15 is 0 Å². The lowest BCUT2D eigenvalue weighted by atomic mass is 10.00. The summed E-state index contributed by atoms with van der Waals surface area (Å²) in [6, 6.07) is 8.54. The van der Waals surface area contributed by atoms with E-state index in [4.69, 9.17) is 0 Å². The topological polar surface area (TPSA) is 62.3 Å². The zero-order chi connectivity index (χ0) is 16.4. The predicted octanol–water partition coefficient (Wildman–Crippen LogP) is 1.92. The highest BCUT2D eigenvalue weighted by Crippen LogP contribution is 2.32. The van der Waals surface area contributed by atoms with Crippen molar-refractivity contribution in [3.05, 3.63) is 65.7 Å². The second kappa shape index (κ2) is 6.16. The number of amides is 2. The minimum Gasteiger partial charge on any atom is -0.346 e. The summed E-state index contributed by atoms with van der Waals surface area (Å²) >= 11 is 0. The molecule has 0 saturated carbocycles. The number of rotatable bonds is 3. The second-order valence-corrected chi connectivity index (χ2v) is 5.52. The zero-order valence-corrected chi connectivity index (χ0v) is 12.6. The summed E-state index contributed by atoms with van der Waals surface area (Å²) < 4.78 is 13.1. The van der Waals surface area contributed by atoms with Crippen molar-refractivity contribution in [2.24, 2.45) is 0 Å². The quantitative estimate of drug-likeness (QED) is 0.942. The van der Waals surface area contributed by atoms with Gasteiger partial charge in [-0.15, -0.1) is 0 Å². The average Bonchev–Trinajstić information content (AvgIpc) is 2.83. The van der Waals surface area contributed by atoms with Crippen molar-refractivity contribution in [2.45, 2.75) is 18.5 Å². The highest BCUT2D eigenvalue weighted by molar-refractivity contribution is 5.95. The second-order valence-electron chi connectivity index (χ2n) is 5.52. The van der Waals surface area contributed by atoms with Crippen LogP contribution in [0.2, 0.25) is 0 Å². The molecule has 0 unspecified atom stereocenters. The molecule has 6 heteroatoms. The summed E-state index contributed by atoms with van der Waals surface area (Å²) in [5, 5.41) is 2.90. The molecule has 0 radical (unpaired) electrons. The Hall–Kier alpha value is -2.76. The van der Waals surface area contributed by atoms with Gasteiger partial charge in [0.15, 0.2) is 0 Å². The van der Waals surface area contributed by atoms with Crippen molar-refractivity contribution in [2.75, 3.05) is 7.05 Å². The number of benzene rings is 1. The highest BCUT2D eigenvalue weighted by Gasteiger charge is 2.39. The van der Waals surface area contributed by atoms with E-state index in [0.717, 1.165) is 5.56 Å². The Morgan fingerprint density at radius 3 is 2.52 bits per heavy atom. The number of halogens is 1. The molecule has 2 amide bonds. The maximum atomic E-state index is 13.1. The van der Waals surface area contributed by atoms with Gasteiger partial charge in [0.1, 0.15) is 5.82 Å². The Morgan fingerprint density at radius 2 is 1.87 bits per heavy atom. The number of nitrogens with one attached hydrogen (secondary N) is 1. The van der Waals surface area contributed by atoms with Crippen LogP contribution in [0.4, 0.5) is 4.39 Å². The van der Waals surface area contributed by atoms with E-state index in [1.807, 2.05) is 0 Å². The predicted molar refractivity (Wildman–Crippen MR) is 82.0 cm³/mol. The Bertz CT molecular complexity index is 718. The highest BCUT2D eigenvalue weighted by atomic mass is 19.1. The van der Waals surface area contributed by atoms with Crippen molar-refractivity contribution in [3.8, 4) is 0 Å². The van der Waals surface area contributed by atoms with E-state index in [1.54, 1.807) is 36.2 Å². The summed E-state index contributed by atoms with van der Waals surface area (Å²) in [6.45, 7) is 0. The van der Waals surface area contributed by atoms with Crippen LogP contribution in [-0.4, -0.2) is 34.8 Å². The van der Waals surface area contributed by atoms with Crippen LogP contribution < -0.4 is 5.32 Å². The fourth-order valence-electron chi connectivity index (χ4n) is 2.87. The Labute approximate surface area is 133 Å². The maximum Gasteiger partial charge on any atom is 0.251 e. The van der Waals surface area contributed by atoms with Crippen LogP contribution in [0.25, 0.3) is 0 Å². The monoisotopic (exact) mass is 313 g/mol. The first-order valence-corrected chi connectivity index (χ1v) is 7.28. The van der Waals surface area contributed by atoms with E-state index in [0.29, 0.717) is 5.56 Å². The molecule has 23 heavy (non-hydrogen) atoms. The van der Waals surface area contributed by atoms with Gasteiger partial charge in [-0.2, -0.15) is 0 Å². The van der Waals surface area contributed by atoms with Crippen molar-refractivity contribution in [1.29, 1.82) is 0 Å². The van der Waals surface area contributed by atoms with Gasteiger partial charge in [0, 0.05) is 31.4 Å².